The molecule has 0 bridgehead atoms. The number of hydrogen-bond donors (Lipinski definition) is 3. The lowest BCUT2D eigenvalue weighted by atomic mass is 10.0. The van der Waals surface area contributed by atoms with E-state index in [9.17, 15) is 19.8 Å². The van der Waals surface area contributed by atoms with Crippen molar-refractivity contribution in [2.45, 2.75) is 20.8 Å². The van der Waals surface area contributed by atoms with Gasteiger partial charge in [0, 0.05) is 0 Å². The number of hydrogen-bond acceptors (Lipinski definition) is 5. The van der Waals surface area contributed by atoms with Crippen LogP contribution >= 0.6 is 0 Å². The Kier molecular flexibility index (Phi) is 5.66. The predicted octanol–water partition coefficient (Wildman–Crippen LogP) is 5.58. The van der Waals surface area contributed by atoms with E-state index in [1.807, 2.05) is 32.0 Å². The molecule has 33 heavy (non-hydrogen) atoms. The smallest absolute Gasteiger partial charge is 0.335 e. The summed E-state index contributed by atoms with van der Waals surface area (Å²) in [5, 5.41) is 30.8. The molecule has 0 aliphatic heterocycles. The third-order valence-corrected chi connectivity index (χ3v) is 5.47. The van der Waals surface area contributed by atoms with Gasteiger partial charge in [-0.15, -0.1) is 10.2 Å². The van der Waals surface area contributed by atoms with Crippen molar-refractivity contribution in [2.75, 3.05) is 0 Å². The van der Waals surface area contributed by atoms with Crippen molar-refractivity contribution in [1.29, 1.82) is 0 Å². The molecule has 4 rings (SSSR count). The molecule has 0 atom stereocenters. The van der Waals surface area contributed by atoms with Gasteiger partial charge in [-0.05, 0) is 79.4 Å². The van der Waals surface area contributed by atoms with E-state index in [1.165, 1.54) is 22.9 Å². The predicted molar refractivity (Wildman–Crippen MR) is 125 cm³/mol. The monoisotopic (exact) mass is 442 g/mol. The number of aromatic nitrogens is 2. The molecule has 0 amide bonds. The number of azo groups is 1. The van der Waals surface area contributed by atoms with Crippen molar-refractivity contribution >= 4 is 17.3 Å². The largest absolute Gasteiger partial charge is 0.506 e. The molecular weight excluding hydrogens is 420 g/mol. The first-order valence-corrected chi connectivity index (χ1v) is 10.2. The third-order valence-electron chi connectivity index (χ3n) is 5.47. The van der Waals surface area contributed by atoms with Gasteiger partial charge in [0.05, 0.1) is 16.9 Å². The van der Waals surface area contributed by atoms with Gasteiger partial charge in [-0.3, -0.25) is 9.89 Å². The molecule has 3 aromatic carbocycles. The normalized spacial score (nSPS) is 11.2. The van der Waals surface area contributed by atoms with Crippen LogP contribution in [0.15, 0.2) is 75.7 Å². The zero-order valence-electron chi connectivity index (χ0n) is 18.3. The fourth-order valence-corrected chi connectivity index (χ4v) is 3.43. The quantitative estimate of drug-likeness (QED) is 0.350. The number of H-pyrrole nitrogens is 1. The summed E-state index contributed by atoms with van der Waals surface area (Å²) in [6.45, 7) is 5.71. The summed E-state index contributed by atoms with van der Waals surface area (Å²) in [6.07, 6.45) is 0. The Morgan fingerprint density at radius 2 is 1.67 bits per heavy atom. The first-order chi connectivity index (χ1) is 15.7. The van der Waals surface area contributed by atoms with Gasteiger partial charge < -0.3 is 10.2 Å². The molecule has 0 fully saturated rings. The summed E-state index contributed by atoms with van der Waals surface area (Å²) in [4.78, 5) is 24.1. The Bertz CT molecular complexity index is 1460. The molecule has 0 unspecified atom stereocenters. The molecule has 0 saturated carbocycles. The minimum atomic E-state index is -1.03. The summed E-state index contributed by atoms with van der Waals surface area (Å²) in [5.74, 6) is -1.17. The van der Waals surface area contributed by atoms with Crippen molar-refractivity contribution < 1.29 is 15.0 Å². The van der Waals surface area contributed by atoms with Crippen LogP contribution in [0, 0.1) is 20.8 Å². The van der Waals surface area contributed by atoms with E-state index < -0.39 is 5.97 Å². The molecule has 4 aromatic rings. The van der Waals surface area contributed by atoms with Crippen LogP contribution < -0.4 is 5.56 Å². The number of rotatable bonds is 5. The van der Waals surface area contributed by atoms with Crippen molar-refractivity contribution in [2.24, 2.45) is 10.2 Å². The number of nitrogens with one attached hydrogen (secondary N) is 1. The number of phenolic OH excluding ortho intramolecular Hbond substituents is 1. The Morgan fingerprint density at radius 1 is 0.909 bits per heavy atom. The highest BCUT2D eigenvalue weighted by Crippen LogP contribution is 2.33. The molecule has 1 heterocycles. The zero-order valence-corrected chi connectivity index (χ0v) is 18.3. The van der Waals surface area contributed by atoms with Gasteiger partial charge >= 0.3 is 5.97 Å². The second kappa shape index (κ2) is 8.58. The van der Waals surface area contributed by atoms with Gasteiger partial charge in [-0.1, -0.05) is 24.3 Å². The second-order valence-electron chi connectivity index (χ2n) is 7.78. The highest BCUT2D eigenvalue weighted by molar-refractivity contribution is 5.89. The molecule has 0 radical (unpaired) electrons. The molecule has 0 aliphatic rings. The number of carboxylic acids is 1. The molecule has 0 spiro atoms. The van der Waals surface area contributed by atoms with Gasteiger partial charge in [-0.2, -0.15) is 0 Å². The van der Waals surface area contributed by atoms with E-state index in [-0.39, 0.29) is 28.2 Å². The zero-order chi connectivity index (χ0) is 23.7. The highest BCUT2D eigenvalue weighted by Gasteiger charge is 2.13. The van der Waals surface area contributed by atoms with E-state index >= 15 is 0 Å². The second-order valence-corrected chi connectivity index (χ2v) is 7.78. The maximum atomic E-state index is 12.9. The number of nitrogens with zero attached hydrogens (tertiary/aromatic N) is 3. The van der Waals surface area contributed by atoms with Crippen molar-refractivity contribution in [3.63, 3.8) is 0 Å². The lowest BCUT2D eigenvalue weighted by molar-refractivity contribution is 0.0697. The molecule has 3 N–H and O–H groups in total. The number of aromatic amines is 1. The van der Waals surface area contributed by atoms with Crippen LogP contribution in [-0.2, 0) is 0 Å². The van der Waals surface area contributed by atoms with Gasteiger partial charge in [-0.25, -0.2) is 9.48 Å². The maximum absolute atomic E-state index is 12.9. The average molecular weight is 442 g/mol. The molecule has 8 heteroatoms. The Labute approximate surface area is 189 Å². The summed E-state index contributed by atoms with van der Waals surface area (Å²) >= 11 is 0. The number of carboxylic acid groups (broad SMARTS) is 1. The van der Waals surface area contributed by atoms with Crippen LogP contribution in [-0.4, -0.2) is 26.0 Å². The first-order valence-electron chi connectivity index (χ1n) is 10.2. The summed E-state index contributed by atoms with van der Waals surface area (Å²) in [7, 11) is 0. The van der Waals surface area contributed by atoms with Crippen LogP contribution in [0.2, 0.25) is 0 Å². The lowest BCUT2D eigenvalue weighted by Gasteiger charge is -2.05. The van der Waals surface area contributed by atoms with Crippen LogP contribution in [0.4, 0.5) is 11.4 Å². The molecule has 0 aliphatic carbocycles. The summed E-state index contributed by atoms with van der Waals surface area (Å²) in [6, 6.07) is 16.9. The fraction of sp³-hybridized carbons (Fsp3) is 0.120. The molecule has 0 saturated heterocycles. The maximum Gasteiger partial charge on any atom is 0.335 e. The molecule has 8 nitrogen and oxygen atoms in total. The van der Waals surface area contributed by atoms with Gasteiger partial charge in [0.15, 0.2) is 5.69 Å². The van der Waals surface area contributed by atoms with Crippen LogP contribution in [0.3, 0.4) is 0 Å². The number of phenols is 1. The van der Waals surface area contributed by atoms with Crippen molar-refractivity contribution in [1.82, 2.24) is 9.78 Å². The minimum absolute atomic E-state index is 0.139. The Balaban J connectivity index is 1.64. The van der Waals surface area contributed by atoms with Gasteiger partial charge in [0.2, 0.25) is 0 Å². The molecule has 1 aromatic heterocycles. The van der Waals surface area contributed by atoms with Crippen LogP contribution in [0.5, 0.6) is 5.75 Å². The third kappa shape index (κ3) is 4.31. The van der Waals surface area contributed by atoms with Crippen molar-refractivity contribution in [3.05, 3.63) is 93.4 Å². The number of benzene rings is 3. The number of aryl methyl sites for hydroxylation is 3. The number of aromatic carboxylic acids is 1. The molecular formula is C25H22N4O4. The van der Waals surface area contributed by atoms with E-state index in [0.717, 1.165) is 11.1 Å². The van der Waals surface area contributed by atoms with E-state index in [1.54, 1.807) is 31.2 Å². The number of aromatic hydroxyl groups is 1. The Morgan fingerprint density at radius 3 is 2.36 bits per heavy atom. The lowest BCUT2D eigenvalue weighted by Crippen LogP contribution is -2.14. The standard InChI is InChI=1S/C25H22N4O4/c1-14-7-9-20(11-15(14)2)29-24(31)23(16(3)28-29)27-26-21-10-8-18(13-22(21)30)17-5-4-6-19(12-17)25(32)33/h4-13,28,30H,1-3H3,(H,32,33). The van der Waals surface area contributed by atoms with Crippen molar-refractivity contribution in [3.8, 4) is 22.6 Å². The summed E-state index contributed by atoms with van der Waals surface area (Å²) < 4.78 is 1.41. The molecule has 166 valence electrons. The van der Waals surface area contributed by atoms with E-state index in [4.69, 9.17) is 0 Å². The topological polar surface area (TPSA) is 120 Å². The van der Waals surface area contributed by atoms with Gasteiger partial charge in [0.25, 0.3) is 5.56 Å². The highest BCUT2D eigenvalue weighted by atomic mass is 16.4. The number of carbonyl (C=O) groups is 1. The SMILES string of the molecule is Cc1ccc(-n2[nH]c(C)c(N=Nc3ccc(-c4cccc(C(=O)O)c4)cc3O)c2=O)cc1C. The van der Waals surface area contributed by atoms with Crippen LogP contribution in [0.25, 0.3) is 16.8 Å². The fourth-order valence-electron chi connectivity index (χ4n) is 3.43. The van der Waals surface area contributed by atoms with E-state index in [2.05, 4.69) is 15.3 Å². The first kappa shape index (κ1) is 21.8. The minimum Gasteiger partial charge on any atom is -0.506 e. The summed E-state index contributed by atoms with van der Waals surface area (Å²) in [5.41, 5.74) is 4.84. The van der Waals surface area contributed by atoms with Gasteiger partial charge in [0.1, 0.15) is 11.4 Å². The van der Waals surface area contributed by atoms with E-state index in [0.29, 0.717) is 22.5 Å². The average Bonchev–Trinajstić information content (AvgIpc) is 3.08. The van der Waals surface area contributed by atoms with Crippen LogP contribution in [0.1, 0.15) is 27.2 Å². The Hall–Kier alpha value is -4.46.